The van der Waals surface area contributed by atoms with Crippen LogP contribution in [0.2, 0.25) is 10.0 Å². The molecule has 5 nitrogen and oxygen atoms in total. The number of nitrogens with zero attached hydrogens (tertiary/aromatic N) is 2. The minimum atomic E-state index is -0.133. The Bertz CT molecular complexity index is 1500. The SMILES string of the molecule is Cn1c(=O)c(-c2ccc(Cl)cc2Cl)cc2c3cc(-c4nc(CN)cs4)ccc3[nH]c21. The number of rotatable bonds is 3. The van der Waals surface area contributed by atoms with Crippen molar-refractivity contribution in [3.63, 3.8) is 0 Å². The van der Waals surface area contributed by atoms with E-state index in [4.69, 9.17) is 28.9 Å². The summed E-state index contributed by atoms with van der Waals surface area (Å²) in [7, 11) is 1.75. The number of thiazole rings is 1. The number of H-pyrrole nitrogens is 1. The van der Waals surface area contributed by atoms with Crippen LogP contribution in [0.1, 0.15) is 5.69 Å². The molecule has 3 N–H and O–H groups in total. The van der Waals surface area contributed by atoms with Crippen LogP contribution in [0.25, 0.3) is 43.6 Å². The Morgan fingerprint density at radius 3 is 2.67 bits per heavy atom. The summed E-state index contributed by atoms with van der Waals surface area (Å²) in [6.45, 7) is 0.416. The van der Waals surface area contributed by atoms with Crippen LogP contribution in [0.4, 0.5) is 0 Å². The third kappa shape index (κ3) is 3.04. The molecule has 0 radical (unpaired) electrons. The predicted molar refractivity (Wildman–Crippen MR) is 126 cm³/mol. The zero-order valence-corrected chi connectivity index (χ0v) is 18.2. The number of aryl methyl sites for hydroxylation is 1. The van der Waals surface area contributed by atoms with E-state index in [1.54, 1.807) is 41.2 Å². The number of fused-ring (bicyclic) bond motifs is 3. The van der Waals surface area contributed by atoms with Crippen molar-refractivity contribution in [1.82, 2.24) is 14.5 Å². The van der Waals surface area contributed by atoms with Gasteiger partial charge in [0.2, 0.25) is 0 Å². The second-order valence-corrected chi connectivity index (χ2v) is 8.74. The summed E-state index contributed by atoms with van der Waals surface area (Å²) in [5.41, 5.74) is 10.3. The molecule has 0 bridgehead atoms. The predicted octanol–water partition coefficient (Wildman–Crippen LogP) is 5.58. The van der Waals surface area contributed by atoms with Gasteiger partial charge in [-0.05, 0) is 36.4 Å². The van der Waals surface area contributed by atoms with Gasteiger partial charge in [-0.3, -0.25) is 9.36 Å². The Balaban J connectivity index is 1.78. The number of aromatic amines is 1. The van der Waals surface area contributed by atoms with E-state index in [0.29, 0.717) is 27.7 Å². The van der Waals surface area contributed by atoms with Gasteiger partial charge >= 0.3 is 0 Å². The fourth-order valence-corrected chi connectivity index (χ4v) is 5.00. The van der Waals surface area contributed by atoms with Crippen LogP contribution in [-0.2, 0) is 13.6 Å². The molecule has 0 aliphatic carbocycles. The Labute approximate surface area is 185 Å². The van der Waals surface area contributed by atoms with Crippen molar-refractivity contribution in [3.8, 4) is 21.7 Å². The van der Waals surface area contributed by atoms with E-state index < -0.39 is 0 Å². The van der Waals surface area contributed by atoms with Crippen molar-refractivity contribution in [2.75, 3.05) is 0 Å². The topological polar surface area (TPSA) is 76.7 Å². The highest BCUT2D eigenvalue weighted by molar-refractivity contribution is 7.13. The Kier molecular flexibility index (Phi) is 4.67. The molecule has 0 fully saturated rings. The number of halogens is 2. The van der Waals surface area contributed by atoms with E-state index in [1.807, 2.05) is 23.6 Å². The van der Waals surface area contributed by atoms with E-state index >= 15 is 0 Å². The van der Waals surface area contributed by atoms with Gasteiger partial charge in [0.05, 0.1) is 10.7 Å². The highest BCUT2D eigenvalue weighted by Crippen LogP contribution is 2.34. The maximum absolute atomic E-state index is 13.1. The number of hydrogen-bond acceptors (Lipinski definition) is 4. The molecule has 150 valence electrons. The van der Waals surface area contributed by atoms with Crippen LogP contribution in [-0.4, -0.2) is 14.5 Å². The van der Waals surface area contributed by atoms with Crippen molar-refractivity contribution in [2.24, 2.45) is 12.8 Å². The molecule has 2 aromatic carbocycles. The summed E-state index contributed by atoms with van der Waals surface area (Å²) in [4.78, 5) is 21.0. The van der Waals surface area contributed by atoms with Gasteiger partial charge in [-0.15, -0.1) is 11.3 Å². The lowest BCUT2D eigenvalue weighted by Crippen LogP contribution is -2.19. The first-order valence-corrected chi connectivity index (χ1v) is 10.9. The third-order valence-corrected chi connectivity index (χ3v) is 6.69. The van der Waals surface area contributed by atoms with Crippen molar-refractivity contribution >= 4 is 56.5 Å². The number of pyridine rings is 1. The molecular formula is C22H16Cl2N4OS. The average molecular weight is 455 g/mol. The zero-order valence-electron chi connectivity index (χ0n) is 15.9. The third-order valence-electron chi connectivity index (χ3n) is 5.21. The molecule has 0 aliphatic heterocycles. The largest absolute Gasteiger partial charge is 0.341 e. The molecule has 5 rings (SSSR count). The van der Waals surface area contributed by atoms with Gasteiger partial charge in [0, 0.05) is 57.0 Å². The first-order valence-electron chi connectivity index (χ1n) is 9.22. The normalized spacial score (nSPS) is 11.6. The summed E-state index contributed by atoms with van der Waals surface area (Å²) in [6, 6.07) is 13.2. The van der Waals surface area contributed by atoms with E-state index in [1.165, 1.54) is 0 Å². The fraction of sp³-hybridized carbons (Fsp3) is 0.0909. The van der Waals surface area contributed by atoms with E-state index in [0.717, 1.165) is 38.2 Å². The molecule has 0 saturated heterocycles. The minimum absolute atomic E-state index is 0.133. The molecule has 0 aliphatic rings. The maximum Gasteiger partial charge on any atom is 0.259 e. The molecule has 0 saturated carbocycles. The number of benzene rings is 2. The number of aromatic nitrogens is 3. The standard InChI is InChI=1S/C22H16Cl2N4OS/c1-28-20-16(8-17(22(28)29)14-4-3-12(23)7-18(14)24)15-6-11(2-5-19(15)27-20)21-26-13(9-25)10-30-21/h2-8,10,27H,9,25H2,1H3. The summed E-state index contributed by atoms with van der Waals surface area (Å²) >= 11 is 14.0. The van der Waals surface area contributed by atoms with Crippen molar-refractivity contribution in [1.29, 1.82) is 0 Å². The first-order chi connectivity index (χ1) is 14.5. The lowest BCUT2D eigenvalue weighted by Gasteiger charge is -2.08. The Morgan fingerprint density at radius 1 is 1.10 bits per heavy atom. The van der Waals surface area contributed by atoms with Crippen LogP contribution < -0.4 is 11.3 Å². The smallest absolute Gasteiger partial charge is 0.259 e. The van der Waals surface area contributed by atoms with Gasteiger partial charge in [-0.25, -0.2) is 4.98 Å². The molecule has 0 amide bonds. The van der Waals surface area contributed by atoms with Crippen molar-refractivity contribution < 1.29 is 0 Å². The van der Waals surface area contributed by atoms with Crippen LogP contribution in [0, 0.1) is 0 Å². The van der Waals surface area contributed by atoms with Gasteiger partial charge < -0.3 is 10.7 Å². The van der Waals surface area contributed by atoms with E-state index in [-0.39, 0.29) is 5.56 Å². The van der Waals surface area contributed by atoms with Gasteiger partial charge in [-0.2, -0.15) is 0 Å². The summed E-state index contributed by atoms with van der Waals surface area (Å²) in [5.74, 6) is 0. The summed E-state index contributed by atoms with van der Waals surface area (Å²) < 4.78 is 1.62. The van der Waals surface area contributed by atoms with Gasteiger partial charge in [0.25, 0.3) is 5.56 Å². The molecular weight excluding hydrogens is 439 g/mol. The molecule has 8 heteroatoms. The quantitative estimate of drug-likeness (QED) is 0.373. The molecule has 3 heterocycles. The maximum atomic E-state index is 13.1. The Hall–Kier alpha value is -2.64. The monoisotopic (exact) mass is 454 g/mol. The number of nitrogens with two attached hydrogens (primary N) is 1. The molecule has 3 aromatic heterocycles. The highest BCUT2D eigenvalue weighted by atomic mass is 35.5. The summed E-state index contributed by atoms with van der Waals surface area (Å²) in [6.07, 6.45) is 0. The van der Waals surface area contributed by atoms with E-state index in [2.05, 4.69) is 16.0 Å². The molecule has 0 unspecified atom stereocenters. The second kappa shape index (κ2) is 7.25. The van der Waals surface area contributed by atoms with Crippen molar-refractivity contribution in [2.45, 2.75) is 6.54 Å². The summed E-state index contributed by atoms with van der Waals surface area (Å²) in [5, 5.41) is 5.80. The number of hydrogen-bond donors (Lipinski definition) is 2. The average Bonchev–Trinajstić information content (AvgIpc) is 3.35. The van der Waals surface area contributed by atoms with Crippen molar-refractivity contribution in [3.05, 3.63) is 73.9 Å². The van der Waals surface area contributed by atoms with Gasteiger partial charge in [0.15, 0.2) is 0 Å². The Morgan fingerprint density at radius 2 is 1.93 bits per heavy atom. The fourth-order valence-electron chi connectivity index (χ4n) is 3.66. The lowest BCUT2D eigenvalue weighted by molar-refractivity contribution is 0.896. The zero-order chi connectivity index (χ0) is 21.0. The number of nitrogens with one attached hydrogen (secondary N) is 1. The molecule has 0 spiro atoms. The molecule has 0 atom stereocenters. The second-order valence-electron chi connectivity index (χ2n) is 7.04. The van der Waals surface area contributed by atoms with Crippen LogP contribution in [0.15, 0.2) is 52.6 Å². The van der Waals surface area contributed by atoms with Crippen LogP contribution in [0.3, 0.4) is 0 Å². The van der Waals surface area contributed by atoms with Gasteiger partial charge in [-0.1, -0.05) is 29.3 Å². The van der Waals surface area contributed by atoms with Crippen LogP contribution >= 0.6 is 34.5 Å². The van der Waals surface area contributed by atoms with Crippen LogP contribution in [0.5, 0.6) is 0 Å². The lowest BCUT2D eigenvalue weighted by atomic mass is 10.0. The minimum Gasteiger partial charge on any atom is -0.341 e. The molecule has 30 heavy (non-hydrogen) atoms. The van der Waals surface area contributed by atoms with Gasteiger partial charge in [0.1, 0.15) is 10.7 Å². The highest BCUT2D eigenvalue weighted by Gasteiger charge is 2.16. The van der Waals surface area contributed by atoms with E-state index in [9.17, 15) is 4.79 Å². The molecule has 5 aromatic rings. The first kappa shape index (κ1) is 19.3.